The van der Waals surface area contributed by atoms with E-state index in [0.717, 1.165) is 6.42 Å². The van der Waals surface area contributed by atoms with Gasteiger partial charge in [-0.05, 0) is 60.8 Å². The van der Waals surface area contributed by atoms with Crippen molar-refractivity contribution < 1.29 is 32.0 Å². The number of anilines is 1. The largest absolute Gasteiger partial charge is 0.444 e. The van der Waals surface area contributed by atoms with Crippen LogP contribution in [0.2, 0.25) is 5.02 Å². The minimum atomic E-state index is -4.83. The van der Waals surface area contributed by atoms with Crippen LogP contribution in [0.4, 0.5) is 23.9 Å². The number of Topliss-reactive ketones (excluding diaryl/α,β-unsaturated/α-hetero) is 1. The van der Waals surface area contributed by atoms with Crippen LogP contribution in [-0.4, -0.2) is 68.2 Å². The van der Waals surface area contributed by atoms with Gasteiger partial charge in [0.25, 0.3) is 0 Å². The number of amides is 1. The number of halogens is 4. The van der Waals surface area contributed by atoms with Gasteiger partial charge in [-0.2, -0.15) is 18.2 Å². The van der Waals surface area contributed by atoms with E-state index in [1.807, 2.05) is 6.92 Å². The number of rotatable bonds is 5. The first-order chi connectivity index (χ1) is 18.0. The molecule has 4 rings (SSSR count). The highest BCUT2D eigenvalue weighted by molar-refractivity contribution is 6.33. The van der Waals surface area contributed by atoms with Crippen LogP contribution in [0.1, 0.15) is 72.4 Å². The third-order valence-electron chi connectivity index (χ3n) is 6.99. The van der Waals surface area contributed by atoms with E-state index in [4.69, 9.17) is 20.9 Å². The van der Waals surface area contributed by atoms with Crippen LogP contribution < -0.4 is 4.90 Å². The van der Waals surface area contributed by atoms with E-state index in [9.17, 15) is 22.8 Å². The van der Waals surface area contributed by atoms with Gasteiger partial charge in [-0.25, -0.2) is 14.8 Å². The van der Waals surface area contributed by atoms with Crippen molar-refractivity contribution >= 4 is 29.4 Å². The maximum Gasteiger partial charge on any atom is 0.435 e. The number of hydrogen-bond donors (Lipinski definition) is 0. The lowest BCUT2D eigenvalue weighted by Crippen LogP contribution is -2.47. The molecule has 2 aliphatic rings. The van der Waals surface area contributed by atoms with E-state index in [1.165, 1.54) is 0 Å². The number of carbonyl (C=O) groups is 2. The Labute approximate surface area is 229 Å². The molecule has 0 spiro atoms. The van der Waals surface area contributed by atoms with Crippen LogP contribution in [0.3, 0.4) is 0 Å². The van der Waals surface area contributed by atoms with Crippen molar-refractivity contribution in [3.05, 3.63) is 16.6 Å². The fourth-order valence-corrected chi connectivity index (χ4v) is 4.83. The molecular weight excluding hydrogens is 541 g/mol. The van der Waals surface area contributed by atoms with E-state index < -0.39 is 34.0 Å². The molecule has 0 aliphatic carbocycles. The molecule has 0 bridgehead atoms. The highest BCUT2D eigenvalue weighted by Crippen LogP contribution is 2.40. The van der Waals surface area contributed by atoms with Crippen LogP contribution in [0, 0.1) is 5.92 Å². The molecule has 1 atom stereocenters. The van der Waals surface area contributed by atoms with Gasteiger partial charge in [0.2, 0.25) is 17.7 Å². The maximum atomic E-state index is 13.7. The SMILES string of the molecule is C[C@H]1CCN1c1nc(-c2noc(C(C)(C)C(=O)C3CCN(C(=O)OC(C)(C)C)CC3)n2)c(Cl)c(C(F)(F)F)n1. The smallest absolute Gasteiger partial charge is 0.435 e. The molecule has 1 amide bonds. The molecule has 4 heterocycles. The average Bonchev–Trinajstić information content (AvgIpc) is 3.33. The zero-order valence-corrected chi connectivity index (χ0v) is 23.5. The maximum absolute atomic E-state index is 13.7. The standard InChI is InChI=1S/C25H32ClF3N6O4/c1-13-7-12-35(13)21-30-16(15(26)17(31-21)25(27,28)29)19-32-20(39-33-19)24(5,6)18(36)14-8-10-34(11-9-14)22(37)38-23(2,3)4/h13-14H,7-12H2,1-6H3/t13-/m0/s1. The molecule has 39 heavy (non-hydrogen) atoms. The Morgan fingerprint density at radius 2 is 1.64 bits per heavy atom. The number of piperidine rings is 1. The molecule has 10 nitrogen and oxygen atoms in total. The molecule has 0 unspecified atom stereocenters. The van der Waals surface area contributed by atoms with Crippen molar-refractivity contribution in [3.63, 3.8) is 0 Å². The summed E-state index contributed by atoms with van der Waals surface area (Å²) >= 11 is 6.09. The number of likely N-dealkylation sites (tertiary alicyclic amines) is 1. The summed E-state index contributed by atoms with van der Waals surface area (Å²) in [4.78, 5) is 41.2. The Bertz CT molecular complexity index is 1250. The molecule has 0 saturated carbocycles. The van der Waals surface area contributed by atoms with Crippen LogP contribution in [0.15, 0.2) is 4.52 Å². The van der Waals surface area contributed by atoms with Crippen molar-refractivity contribution in [3.8, 4) is 11.5 Å². The Hall–Kier alpha value is -2.96. The van der Waals surface area contributed by atoms with E-state index in [1.54, 1.807) is 44.4 Å². The fourth-order valence-electron chi connectivity index (χ4n) is 4.55. The first kappa shape index (κ1) is 29.0. The second-order valence-corrected chi connectivity index (χ2v) is 11.9. The summed E-state index contributed by atoms with van der Waals surface area (Å²) in [6, 6.07) is -0.0285. The predicted octanol–water partition coefficient (Wildman–Crippen LogP) is 5.29. The number of alkyl halides is 3. The Balaban J connectivity index is 1.55. The molecule has 2 saturated heterocycles. The van der Waals surface area contributed by atoms with E-state index >= 15 is 0 Å². The fraction of sp³-hybridized carbons (Fsp3) is 0.680. The van der Waals surface area contributed by atoms with Gasteiger partial charge in [-0.15, -0.1) is 0 Å². The molecule has 14 heteroatoms. The number of ether oxygens (including phenoxy) is 1. The molecule has 2 aliphatic heterocycles. The molecule has 0 N–H and O–H groups in total. The van der Waals surface area contributed by atoms with Gasteiger partial charge in [0.1, 0.15) is 21.7 Å². The second-order valence-electron chi connectivity index (χ2n) is 11.5. The predicted molar refractivity (Wildman–Crippen MR) is 135 cm³/mol. The Morgan fingerprint density at radius 1 is 1.00 bits per heavy atom. The van der Waals surface area contributed by atoms with E-state index in [2.05, 4.69) is 20.1 Å². The van der Waals surface area contributed by atoms with Gasteiger partial charge >= 0.3 is 12.3 Å². The molecule has 214 valence electrons. The van der Waals surface area contributed by atoms with Crippen LogP contribution >= 0.6 is 11.6 Å². The van der Waals surface area contributed by atoms with Crippen LogP contribution in [0.5, 0.6) is 0 Å². The van der Waals surface area contributed by atoms with Crippen molar-refractivity contribution in [2.24, 2.45) is 5.92 Å². The van der Waals surface area contributed by atoms with Gasteiger partial charge < -0.3 is 19.1 Å². The lowest BCUT2D eigenvalue weighted by molar-refractivity contribution is -0.141. The van der Waals surface area contributed by atoms with Gasteiger partial charge in [0.15, 0.2) is 11.5 Å². The third-order valence-corrected chi connectivity index (χ3v) is 7.35. The van der Waals surface area contributed by atoms with Gasteiger partial charge in [-0.3, -0.25) is 4.79 Å². The molecule has 2 aromatic rings. The number of carbonyl (C=O) groups excluding carboxylic acids is 2. The molecule has 0 radical (unpaired) electrons. The van der Waals surface area contributed by atoms with Crippen molar-refractivity contribution in [2.45, 2.75) is 84.0 Å². The van der Waals surface area contributed by atoms with Crippen molar-refractivity contribution in [1.82, 2.24) is 25.0 Å². The third kappa shape index (κ3) is 5.97. The molecular formula is C25H32ClF3N6O4. The topological polar surface area (TPSA) is 115 Å². The highest BCUT2D eigenvalue weighted by Gasteiger charge is 2.43. The summed E-state index contributed by atoms with van der Waals surface area (Å²) in [6.45, 7) is 11.6. The average molecular weight is 573 g/mol. The minimum absolute atomic E-state index is 0.0285. The van der Waals surface area contributed by atoms with Crippen molar-refractivity contribution in [2.75, 3.05) is 24.5 Å². The van der Waals surface area contributed by atoms with Gasteiger partial charge in [-0.1, -0.05) is 16.8 Å². The van der Waals surface area contributed by atoms with E-state index in [-0.39, 0.29) is 41.1 Å². The van der Waals surface area contributed by atoms with Gasteiger partial charge in [0, 0.05) is 31.6 Å². The molecule has 2 aromatic heterocycles. The summed E-state index contributed by atoms with van der Waals surface area (Å²) in [5.74, 6) is -1.02. The summed E-state index contributed by atoms with van der Waals surface area (Å²) in [6.07, 6.45) is -3.62. The Morgan fingerprint density at radius 3 is 2.15 bits per heavy atom. The van der Waals surface area contributed by atoms with Crippen molar-refractivity contribution in [1.29, 1.82) is 0 Å². The van der Waals surface area contributed by atoms with Crippen LogP contribution in [-0.2, 0) is 21.1 Å². The lowest BCUT2D eigenvalue weighted by atomic mass is 9.77. The molecule has 2 fully saturated rings. The van der Waals surface area contributed by atoms with E-state index in [0.29, 0.717) is 32.5 Å². The molecule has 0 aromatic carbocycles. The highest BCUT2D eigenvalue weighted by atomic mass is 35.5. The monoisotopic (exact) mass is 572 g/mol. The normalized spacial score (nSPS) is 19.2. The number of nitrogens with zero attached hydrogens (tertiary/aromatic N) is 6. The van der Waals surface area contributed by atoms with Gasteiger partial charge in [0.05, 0.1) is 0 Å². The number of aromatic nitrogens is 4. The minimum Gasteiger partial charge on any atom is -0.444 e. The Kier molecular flexibility index (Phi) is 7.61. The summed E-state index contributed by atoms with van der Waals surface area (Å²) in [5, 5.41) is 3.08. The summed E-state index contributed by atoms with van der Waals surface area (Å²) in [5.41, 5.74) is -3.48. The van der Waals surface area contributed by atoms with Crippen LogP contribution in [0.25, 0.3) is 11.5 Å². The zero-order chi connectivity index (χ0) is 28.9. The first-order valence-corrected chi connectivity index (χ1v) is 13.1. The summed E-state index contributed by atoms with van der Waals surface area (Å²) in [7, 11) is 0. The zero-order valence-electron chi connectivity index (χ0n) is 22.7. The second kappa shape index (κ2) is 10.2. The first-order valence-electron chi connectivity index (χ1n) is 12.8. The lowest BCUT2D eigenvalue weighted by Gasteiger charge is -2.39. The number of hydrogen-bond acceptors (Lipinski definition) is 9. The quantitative estimate of drug-likeness (QED) is 0.471. The summed E-state index contributed by atoms with van der Waals surface area (Å²) < 4.78 is 52.0. The number of ketones is 1.